The Hall–Kier alpha value is -1.31. The molecule has 4 heteroatoms. The normalized spacial score (nSPS) is 22.3. The van der Waals surface area contributed by atoms with E-state index in [-0.39, 0.29) is 12.5 Å². The van der Waals surface area contributed by atoms with Gasteiger partial charge in [-0.1, -0.05) is 18.8 Å². The van der Waals surface area contributed by atoms with E-state index in [2.05, 4.69) is 24.1 Å². The van der Waals surface area contributed by atoms with Crippen LogP contribution in [0.1, 0.15) is 41.4 Å². The van der Waals surface area contributed by atoms with E-state index in [1.54, 1.807) is 0 Å². The van der Waals surface area contributed by atoms with E-state index in [0.717, 1.165) is 12.8 Å². The standard InChI is InChI=1S/C14H17NO2S/c1-10-4-5-12(9-10)15-14(17)13-11(3-2-7-16)6-8-18-13/h6,8,10,12,16H,4-5,7,9H2,1H3,(H,15,17). The van der Waals surface area contributed by atoms with Gasteiger partial charge in [-0.3, -0.25) is 4.79 Å². The number of thiophene rings is 1. The molecule has 2 atom stereocenters. The molecule has 3 nitrogen and oxygen atoms in total. The number of rotatable bonds is 2. The summed E-state index contributed by atoms with van der Waals surface area (Å²) in [6.07, 6.45) is 3.32. The summed E-state index contributed by atoms with van der Waals surface area (Å²) >= 11 is 1.40. The van der Waals surface area contributed by atoms with Gasteiger partial charge in [-0.05, 0) is 36.6 Å². The zero-order valence-corrected chi connectivity index (χ0v) is 11.2. The predicted molar refractivity (Wildman–Crippen MR) is 72.6 cm³/mol. The largest absolute Gasteiger partial charge is 0.384 e. The second kappa shape index (κ2) is 6.03. The van der Waals surface area contributed by atoms with Crippen molar-refractivity contribution in [2.45, 2.75) is 32.2 Å². The zero-order valence-electron chi connectivity index (χ0n) is 10.4. The summed E-state index contributed by atoms with van der Waals surface area (Å²) in [7, 11) is 0. The molecule has 0 radical (unpaired) electrons. The first-order valence-corrected chi connectivity index (χ1v) is 7.06. The van der Waals surface area contributed by atoms with E-state index < -0.39 is 0 Å². The molecule has 2 N–H and O–H groups in total. The van der Waals surface area contributed by atoms with Crippen LogP contribution in [0, 0.1) is 17.8 Å². The smallest absolute Gasteiger partial charge is 0.262 e. The number of nitrogens with one attached hydrogen (secondary N) is 1. The van der Waals surface area contributed by atoms with Gasteiger partial charge >= 0.3 is 0 Å². The molecular formula is C14H17NO2S. The van der Waals surface area contributed by atoms with Crippen LogP contribution in [0.15, 0.2) is 11.4 Å². The maximum absolute atomic E-state index is 12.1. The second-order valence-corrected chi connectivity index (χ2v) is 5.63. The number of hydrogen-bond donors (Lipinski definition) is 2. The summed E-state index contributed by atoms with van der Waals surface area (Å²) in [6.45, 7) is 2.03. The van der Waals surface area contributed by atoms with Crippen molar-refractivity contribution in [3.63, 3.8) is 0 Å². The number of carbonyl (C=O) groups is 1. The fourth-order valence-corrected chi connectivity index (χ4v) is 3.06. The van der Waals surface area contributed by atoms with Gasteiger partial charge in [0.25, 0.3) is 5.91 Å². The van der Waals surface area contributed by atoms with Crippen LogP contribution in [-0.4, -0.2) is 23.7 Å². The SMILES string of the molecule is CC1CCC(NC(=O)c2sccc2C#CCO)C1. The van der Waals surface area contributed by atoms with E-state index >= 15 is 0 Å². The zero-order chi connectivity index (χ0) is 13.0. The van der Waals surface area contributed by atoms with Crippen LogP contribution in [0.2, 0.25) is 0 Å². The first-order chi connectivity index (χ1) is 8.70. The molecule has 0 aromatic carbocycles. The lowest BCUT2D eigenvalue weighted by molar-refractivity contribution is 0.0941. The van der Waals surface area contributed by atoms with E-state index in [4.69, 9.17) is 5.11 Å². The molecular weight excluding hydrogens is 246 g/mol. The molecule has 0 saturated heterocycles. The number of aliphatic hydroxyl groups excluding tert-OH is 1. The number of carbonyl (C=O) groups excluding carboxylic acids is 1. The Balaban J connectivity index is 2.03. The Morgan fingerprint density at radius 1 is 1.61 bits per heavy atom. The van der Waals surface area contributed by atoms with Gasteiger partial charge in [-0.2, -0.15) is 0 Å². The molecule has 2 unspecified atom stereocenters. The van der Waals surface area contributed by atoms with Crippen LogP contribution >= 0.6 is 11.3 Å². The fraction of sp³-hybridized carbons (Fsp3) is 0.500. The molecule has 0 aliphatic heterocycles. The number of hydrogen-bond acceptors (Lipinski definition) is 3. The van der Waals surface area contributed by atoms with Crippen LogP contribution < -0.4 is 5.32 Å². The van der Waals surface area contributed by atoms with Gasteiger partial charge in [0.1, 0.15) is 11.5 Å². The first kappa shape index (κ1) is 13.1. The molecule has 2 rings (SSSR count). The van der Waals surface area contributed by atoms with Gasteiger partial charge in [-0.15, -0.1) is 11.3 Å². The molecule has 1 saturated carbocycles. The minimum atomic E-state index is -0.183. The van der Waals surface area contributed by atoms with Crippen molar-refractivity contribution >= 4 is 17.2 Å². The van der Waals surface area contributed by atoms with Gasteiger partial charge in [0.15, 0.2) is 0 Å². The van der Waals surface area contributed by atoms with Crippen LogP contribution in [0.3, 0.4) is 0 Å². The lowest BCUT2D eigenvalue weighted by Crippen LogP contribution is -2.32. The molecule has 1 aliphatic carbocycles. The average molecular weight is 263 g/mol. The van der Waals surface area contributed by atoms with Crippen molar-refractivity contribution < 1.29 is 9.90 Å². The predicted octanol–water partition coefficient (Wildman–Crippen LogP) is 2.01. The highest BCUT2D eigenvalue weighted by Crippen LogP contribution is 2.25. The quantitative estimate of drug-likeness (QED) is 0.802. The molecule has 1 aromatic heterocycles. The first-order valence-electron chi connectivity index (χ1n) is 6.18. The summed E-state index contributed by atoms with van der Waals surface area (Å²) in [6, 6.07) is 2.12. The third-order valence-corrected chi connectivity index (χ3v) is 4.12. The Morgan fingerprint density at radius 2 is 2.44 bits per heavy atom. The van der Waals surface area contributed by atoms with Gasteiger partial charge in [0, 0.05) is 11.6 Å². The van der Waals surface area contributed by atoms with E-state index in [1.165, 1.54) is 17.8 Å². The highest BCUT2D eigenvalue weighted by atomic mass is 32.1. The van der Waals surface area contributed by atoms with Crippen molar-refractivity contribution in [3.05, 3.63) is 21.9 Å². The van der Waals surface area contributed by atoms with Crippen molar-refractivity contribution in [1.82, 2.24) is 5.32 Å². The molecule has 0 bridgehead atoms. The Morgan fingerprint density at radius 3 is 3.11 bits per heavy atom. The second-order valence-electron chi connectivity index (χ2n) is 4.71. The maximum Gasteiger partial charge on any atom is 0.262 e. The highest BCUT2D eigenvalue weighted by Gasteiger charge is 2.24. The van der Waals surface area contributed by atoms with Crippen molar-refractivity contribution in [2.24, 2.45) is 5.92 Å². The van der Waals surface area contributed by atoms with Crippen LogP contribution in [0.4, 0.5) is 0 Å². The van der Waals surface area contributed by atoms with E-state index in [0.29, 0.717) is 22.4 Å². The molecule has 96 valence electrons. The molecule has 0 spiro atoms. The van der Waals surface area contributed by atoms with Gasteiger partial charge in [0.05, 0.1) is 0 Å². The minimum Gasteiger partial charge on any atom is -0.384 e. The number of amides is 1. The lowest BCUT2D eigenvalue weighted by atomic mass is 10.1. The fourth-order valence-electron chi connectivity index (χ4n) is 2.31. The number of aliphatic hydroxyl groups is 1. The van der Waals surface area contributed by atoms with Crippen LogP contribution in [0.5, 0.6) is 0 Å². The van der Waals surface area contributed by atoms with Crippen molar-refractivity contribution in [2.75, 3.05) is 6.61 Å². The summed E-state index contributed by atoms with van der Waals surface area (Å²) < 4.78 is 0. The third-order valence-electron chi connectivity index (χ3n) is 3.20. The third kappa shape index (κ3) is 3.12. The molecule has 1 amide bonds. The van der Waals surface area contributed by atoms with Gasteiger partial charge in [-0.25, -0.2) is 0 Å². The molecule has 1 aromatic rings. The van der Waals surface area contributed by atoms with Gasteiger partial charge in [0.2, 0.25) is 0 Å². The Bertz CT molecular complexity index is 483. The molecule has 1 heterocycles. The Labute approximate surface area is 111 Å². The summed E-state index contributed by atoms with van der Waals surface area (Å²) in [5, 5.41) is 13.6. The molecule has 1 aliphatic rings. The molecule has 1 fully saturated rings. The van der Waals surface area contributed by atoms with Crippen molar-refractivity contribution in [1.29, 1.82) is 0 Å². The van der Waals surface area contributed by atoms with Gasteiger partial charge < -0.3 is 10.4 Å². The topological polar surface area (TPSA) is 49.3 Å². The summed E-state index contributed by atoms with van der Waals surface area (Å²) in [4.78, 5) is 12.8. The Kier molecular flexibility index (Phi) is 4.40. The monoisotopic (exact) mass is 263 g/mol. The van der Waals surface area contributed by atoms with E-state index in [1.807, 2.05) is 11.4 Å². The van der Waals surface area contributed by atoms with Crippen LogP contribution in [-0.2, 0) is 0 Å². The molecule has 18 heavy (non-hydrogen) atoms. The highest BCUT2D eigenvalue weighted by molar-refractivity contribution is 7.12. The lowest BCUT2D eigenvalue weighted by Gasteiger charge is -2.11. The van der Waals surface area contributed by atoms with Crippen LogP contribution in [0.25, 0.3) is 0 Å². The maximum atomic E-state index is 12.1. The summed E-state index contributed by atoms with van der Waals surface area (Å²) in [5.41, 5.74) is 0.706. The van der Waals surface area contributed by atoms with E-state index in [9.17, 15) is 4.79 Å². The average Bonchev–Trinajstić information content (AvgIpc) is 2.95. The van der Waals surface area contributed by atoms with Crippen molar-refractivity contribution in [3.8, 4) is 11.8 Å². The summed E-state index contributed by atoms with van der Waals surface area (Å²) in [5.74, 6) is 6.05. The minimum absolute atomic E-state index is 0.0358.